The van der Waals surface area contributed by atoms with Crippen LogP contribution in [0.5, 0.6) is 0 Å². The van der Waals surface area contributed by atoms with E-state index in [2.05, 4.69) is 9.88 Å². The highest BCUT2D eigenvalue weighted by atomic mass is 32.1. The lowest BCUT2D eigenvalue weighted by Crippen LogP contribution is -2.43. The SMILES string of the molecule is CCOC(=O)C1CCCCC1NCn1c2c(oc1=S)CCCC2. The number of hydrogen-bond donors (Lipinski definition) is 1. The van der Waals surface area contributed by atoms with Crippen molar-refractivity contribution in [3.63, 3.8) is 0 Å². The Morgan fingerprint density at radius 1 is 1.30 bits per heavy atom. The van der Waals surface area contributed by atoms with Gasteiger partial charge in [-0.05, 0) is 51.2 Å². The second-order valence-electron chi connectivity index (χ2n) is 6.48. The highest BCUT2D eigenvalue weighted by Gasteiger charge is 2.32. The number of nitrogens with one attached hydrogen (secondary N) is 1. The zero-order chi connectivity index (χ0) is 16.2. The molecule has 6 heteroatoms. The van der Waals surface area contributed by atoms with Crippen LogP contribution in [-0.2, 0) is 29.0 Å². The summed E-state index contributed by atoms with van der Waals surface area (Å²) < 4.78 is 13.0. The van der Waals surface area contributed by atoms with E-state index >= 15 is 0 Å². The van der Waals surface area contributed by atoms with E-state index in [0.717, 1.165) is 44.3 Å². The van der Waals surface area contributed by atoms with Gasteiger partial charge in [0, 0.05) is 12.5 Å². The van der Waals surface area contributed by atoms with Crippen molar-refractivity contribution < 1.29 is 13.9 Å². The van der Waals surface area contributed by atoms with Crippen LogP contribution in [0.25, 0.3) is 0 Å². The Morgan fingerprint density at radius 2 is 2.09 bits per heavy atom. The fraction of sp³-hybridized carbons (Fsp3) is 0.765. The summed E-state index contributed by atoms with van der Waals surface area (Å²) in [5.41, 5.74) is 1.23. The van der Waals surface area contributed by atoms with E-state index in [1.165, 1.54) is 18.5 Å². The molecule has 2 atom stereocenters. The highest BCUT2D eigenvalue weighted by molar-refractivity contribution is 7.71. The predicted octanol–water partition coefficient (Wildman–Crippen LogP) is 3.36. The van der Waals surface area contributed by atoms with E-state index in [0.29, 0.717) is 18.1 Å². The lowest BCUT2D eigenvalue weighted by atomic mass is 9.84. The van der Waals surface area contributed by atoms with E-state index < -0.39 is 0 Å². The molecule has 1 N–H and O–H groups in total. The lowest BCUT2D eigenvalue weighted by molar-refractivity contribution is -0.150. The van der Waals surface area contributed by atoms with E-state index in [1.807, 2.05) is 6.92 Å². The minimum absolute atomic E-state index is 0.0411. The van der Waals surface area contributed by atoms with Crippen LogP contribution in [0, 0.1) is 10.8 Å². The molecule has 0 aliphatic heterocycles. The molecule has 2 aliphatic rings. The molecular formula is C17H26N2O3S. The van der Waals surface area contributed by atoms with Crippen LogP contribution in [0.2, 0.25) is 0 Å². The fourth-order valence-electron chi connectivity index (χ4n) is 3.80. The van der Waals surface area contributed by atoms with E-state index in [-0.39, 0.29) is 17.9 Å². The molecule has 23 heavy (non-hydrogen) atoms. The molecule has 0 aromatic carbocycles. The lowest BCUT2D eigenvalue weighted by Gasteiger charge is -2.31. The third kappa shape index (κ3) is 3.69. The summed E-state index contributed by atoms with van der Waals surface area (Å²) in [7, 11) is 0. The summed E-state index contributed by atoms with van der Waals surface area (Å²) in [5.74, 6) is 0.941. The Labute approximate surface area is 142 Å². The Balaban J connectivity index is 1.68. The molecule has 5 nitrogen and oxygen atoms in total. The number of nitrogens with zero attached hydrogens (tertiary/aromatic N) is 1. The van der Waals surface area contributed by atoms with Crippen LogP contribution >= 0.6 is 12.2 Å². The van der Waals surface area contributed by atoms with Gasteiger partial charge >= 0.3 is 5.97 Å². The van der Waals surface area contributed by atoms with Crippen molar-refractivity contribution in [1.29, 1.82) is 0 Å². The number of aromatic nitrogens is 1. The maximum Gasteiger partial charge on any atom is 0.310 e. The Morgan fingerprint density at radius 3 is 2.91 bits per heavy atom. The first-order valence-corrected chi connectivity index (χ1v) is 9.23. The zero-order valence-electron chi connectivity index (χ0n) is 13.8. The fourth-order valence-corrected chi connectivity index (χ4v) is 4.08. The first kappa shape index (κ1) is 16.7. The minimum Gasteiger partial charge on any atom is -0.466 e. The van der Waals surface area contributed by atoms with Gasteiger partial charge in [0.25, 0.3) is 4.84 Å². The number of rotatable bonds is 5. The van der Waals surface area contributed by atoms with E-state index in [1.54, 1.807) is 0 Å². The van der Waals surface area contributed by atoms with E-state index in [4.69, 9.17) is 21.4 Å². The monoisotopic (exact) mass is 338 g/mol. The number of carbonyl (C=O) groups excluding carboxylic acids is 1. The van der Waals surface area contributed by atoms with Crippen molar-refractivity contribution in [2.45, 2.75) is 71.0 Å². The van der Waals surface area contributed by atoms with Gasteiger partial charge in [0.2, 0.25) is 0 Å². The van der Waals surface area contributed by atoms with Gasteiger partial charge in [-0.2, -0.15) is 0 Å². The van der Waals surface area contributed by atoms with Crippen LogP contribution in [0.1, 0.15) is 56.9 Å². The number of hydrogen-bond acceptors (Lipinski definition) is 5. The maximum atomic E-state index is 12.2. The molecule has 1 saturated carbocycles. The van der Waals surface area contributed by atoms with Gasteiger partial charge in [-0.1, -0.05) is 12.8 Å². The van der Waals surface area contributed by atoms with Crippen molar-refractivity contribution in [2.24, 2.45) is 5.92 Å². The van der Waals surface area contributed by atoms with Gasteiger partial charge in [0.1, 0.15) is 5.76 Å². The van der Waals surface area contributed by atoms with Gasteiger partial charge in [-0.15, -0.1) is 0 Å². The average molecular weight is 338 g/mol. The summed E-state index contributed by atoms with van der Waals surface area (Å²) in [6, 6.07) is 0.166. The number of esters is 1. The Hall–Kier alpha value is -1.14. The largest absolute Gasteiger partial charge is 0.466 e. The smallest absolute Gasteiger partial charge is 0.310 e. The minimum atomic E-state index is -0.0671. The summed E-state index contributed by atoms with van der Waals surface area (Å²) >= 11 is 5.37. The number of carbonyl (C=O) groups is 1. The molecule has 0 amide bonds. The molecule has 1 fully saturated rings. The highest BCUT2D eigenvalue weighted by Crippen LogP contribution is 2.27. The maximum absolute atomic E-state index is 12.2. The van der Waals surface area contributed by atoms with Crippen LogP contribution in [0.4, 0.5) is 0 Å². The second-order valence-corrected chi connectivity index (χ2v) is 6.83. The van der Waals surface area contributed by atoms with E-state index in [9.17, 15) is 4.79 Å². The normalized spacial score (nSPS) is 24.2. The molecule has 0 spiro atoms. The molecule has 0 saturated heterocycles. The third-order valence-corrected chi connectivity index (χ3v) is 5.32. The Bertz CT molecular complexity index is 607. The summed E-state index contributed by atoms with van der Waals surface area (Å²) in [5, 5.41) is 3.54. The van der Waals surface area contributed by atoms with Gasteiger partial charge in [0.05, 0.1) is 24.9 Å². The van der Waals surface area contributed by atoms with Crippen molar-refractivity contribution >= 4 is 18.2 Å². The molecule has 128 valence electrons. The van der Waals surface area contributed by atoms with Crippen LogP contribution in [0.3, 0.4) is 0 Å². The van der Waals surface area contributed by atoms with Crippen molar-refractivity contribution in [1.82, 2.24) is 9.88 Å². The molecule has 1 aromatic heterocycles. The average Bonchev–Trinajstić information content (AvgIpc) is 2.88. The molecular weight excluding hydrogens is 312 g/mol. The third-order valence-electron chi connectivity index (χ3n) is 5.01. The van der Waals surface area contributed by atoms with Crippen LogP contribution in [-0.4, -0.2) is 23.2 Å². The van der Waals surface area contributed by atoms with Crippen molar-refractivity contribution in [3.8, 4) is 0 Å². The predicted molar refractivity (Wildman–Crippen MR) is 89.7 cm³/mol. The quantitative estimate of drug-likeness (QED) is 0.659. The first-order chi connectivity index (χ1) is 11.2. The first-order valence-electron chi connectivity index (χ1n) is 8.82. The molecule has 0 bridgehead atoms. The van der Waals surface area contributed by atoms with Gasteiger partial charge < -0.3 is 9.15 Å². The summed E-state index contributed by atoms with van der Waals surface area (Å²) in [6.45, 7) is 2.93. The topological polar surface area (TPSA) is 56.4 Å². The van der Waals surface area contributed by atoms with Crippen LogP contribution < -0.4 is 5.32 Å². The molecule has 2 aliphatic carbocycles. The summed E-state index contributed by atoms with van der Waals surface area (Å²) in [4.78, 5) is 12.7. The number of fused-ring (bicyclic) bond motifs is 1. The number of aryl methyl sites for hydroxylation is 1. The standard InChI is InChI=1S/C17H26N2O3S/c1-2-21-16(20)12-7-3-4-8-13(12)18-11-19-14-9-5-6-10-15(14)22-17(19)23/h12-13,18H,2-11H2,1H3. The number of oxazole rings is 1. The molecule has 2 unspecified atom stereocenters. The van der Waals surface area contributed by atoms with Crippen molar-refractivity contribution in [3.05, 3.63) is 16.3 Å². The molecule has 1 aromatic rings. The molecule has 0 radical (unpaired) electrons. The zero-order valence-corrected chi connectivity index (χ0v) is 14.6. The van der Waals surface area contributed by atoms with Crippen molar-refractivity contribution in [2.75, 3.05) is 6.61 Å². The van der Waals surface area contributed by atoms with Gasteiger partial charge in [-0.25, -0.2) is 0 Å². The van der Waals surface area contributed by atoms with Gasteiger partial charge in [0.15, 0.2) is 0 Å². The Kier molecular flexibility index (Phi) is 5.54. The summed E-state index contributed by atoms with van der Waals surface area (Å²) in [6.07, 6.45) is 8.56. The van der Waals surface area contributed by atoms with Crippen LogP contribution in [0.15, 0.2) is 4.42 Å². The second kappa shape index (κ2) is 7.62. The number of ether oxygens (including phenoxy) is 1. The van der Waals surface area contributed by atoms with Gasteiger partial charge in [-0.3, -0.25) is 14.7 Å². The molecule has 3 rings (SSSR count). The molecule has 1 heterocycles.